The maximum absolute atomic E-state index is 11.8. The Morgan fingerprint density at radius 1 is 1.43 bits per heavy atom. The summed E-state index contributed by atoms with van der Waals surface area (Å²) in [5.74, 6) is 0.809. The van der Waals surface area contributed by atoms with E-state index in [1.54, 1.807) is 0 Å². The molecule has 0 spiro atoms. The third-order valence-corrected chi connectivity index (χ3v) is 3.96. The largest absolute Gasteiger partial charge is 0.462 e. The predicted molar refractivity (Wildman–Crippen MR) is 53.7 cm³/mol. The molecule has 0 aliphatic carbocycles. The summed E-state index contributed by atoms with van der Waals surface area (Å²) in [5.41, 5.74) is 0. The minimum Gasteiger partial charge on any atom is -0.462 e. The monoisotopic (exact) mass is 198 g/mol. The number of esters is 1. The second-order valence-corrected chi connectivity index (χ2v) is 4.87. The highest BCUT2D eigenvalue weighted by Crippen LogP contribution is 2.37. The molecule has 0 amide bonds. The fourth-order valence-electron chi connectivity index (χ4n) is 2.92. The highest BCUT2D eigenvalue weighted by Gasteiger charge is 2.48. The molecular weight excluding hydrogens is 178 g/mol. The summed E-state index contributed by atoms with van der Waals surface area (Å²) in [5, 5.41) is 0. The van der Waals surface area contributed by atoms with Crippen molar-refractivity contribution in [1.82, 2.24) is 0 Å². The Bertz CT molecular complexity index is 231. The lowest BCUT2D eigenvalue weighted by Gasteiger charge is -2.50. The fraction of sp³-hybridized carbons (Fsp3) is 0.909. The van der Waals surface area contributed by atoms with Crippen LogP contribution >= 0.6 is 0 Å². The van der Waals surface area contributed by atoms with Gasteiger partial charge in [-0.05, 0) is 25.7 Å². The zero-order valence-corrected chi connectivity index (χ0v) is 9.16. The molecule has 3 saturated heterocycles. The van der Waals surface area contributed by atoms with Crippen molar-refractivity contribution in [3.63, 3.8) is 0 Å². The first-order chi connectivity index (χ1) is 6.65. The molecular formula is C11H20NO2+. The maximum atomic E-state index is 11.8. The summed E-state index contributed by atoms with van der Waals surface area (Å²) in [6.45, 7) is 4.72. The van der Waals surface area contributed by atoms with Gasteiger partial charge in [0, 0.05) is 6.42 Å². The van der Waals surface area contributed by atoms with Crippen LogP contribution in [0.2, 0.25) is 0 Å². The number of nitrogens with zero attached hydrogens (tertiary/aromatic N) is 1. The fourth-order valence-corrected chi connectivity index (χ4v) is 2.92. The van der Waals surface area contributed by atoms with Gasteiger partial charge in [-0.25, -0.2) is 4.79 Å². The van der Waals surface area contributed by atoms with Crippen molar-refractivity contribution in [2.24, 2.45) is 5.92 Å². The molecule has 3 fully saturated rings. The van der Waals surface area contributed by atoms with E-state index in [2.05, 4.69) is 7.05 Å². The second kappa shape index (κ2) is 3.54. The summed E-state index contributed by atoms with van der Waals surface area (Å²) >= 11 is 0. The Labute approximate surface area is 85.6 Å². The van der Waals surface area contributed by atoms with Gasteiger partial charge in [-0.3, -0.25) is 0 Å². The van der Waals surface area contributed by atoms with Gasteiger partial charge >= 0.3 is 5.97 Å². The van der Waals surface area contributed by atoms with Crippen LogP contribution in [-0.2, 0) is 9.53 Å². The van der Waals surface area contributed by atoms with E-state index in [0.29, 0.717) is 6.61 Å². The van der Waals surface area contributed by atoms with Gasteiger partial charge in [0.25, 0.3) is 0 Å². The molecule has 3 nitrogen and oxygen atoms in total. The average molecular weight is 198 g/mol. The third kappa shape index (κ3) is 1.54. The first-order valence-electron chi connectivity index (χ1n) is 5.66. The van der Waals surface area contributed by atoms with Crippen LogP contribution in [0.5, 0.6) is 0 Å². The number of hydrogen-bond donors (Lipinski definition) is 0. The van der Waals surface area contributed by atoms with Crippen LogP contribution in [0.4, 0.5) is 0 Å². The van der Waals surface area contributed by atoms with E-state index >= 15 is 0 Å². The average Bonchev–Trinajstić information content (AvgIpc) is 2.18. The molecule has 0 aromatic carbocycles. The molecule has 3 aliphatic rings. The number of piperidine rings is 3. The Kier molecular flexibility index (Phi) is 2.52. The highest BCUT2D eigenvalue weighted by atomic mass is 16.5. The van der Waals surface area contributed by atoms with Gasteiger partial charge in [0.15, 0.2) is 6.04 Å². The molecule has 0 saturated carbocycles. The number of fused-ring (bicyclic) bond motifs is 3. The summed E-state index contributed by atoms with van der Waals surface area (Å²) < 4.78 is 6.07. The lowest BCUT2D eigenvalue weighted by molar-refractivity contribution is -0.940. The summed E-state index contributed by atoms with van der Waals surface area (Å²) in [6, 6.07) is 0.127. The van der Waals surface area contributed by atoms with Gasteiger partial charge in [0.2, 0.25) is 0 Å². The highest BCUT2D eigenvalue weighted by molar-refractivity contribution is 5.74. The molecule has 80 valence electrons. The third-order valence-electron chi connectivity index (χ3n) is 3.96. The number of ether oxygens (including phenoxy) is 1. The van der Waals surface area contributed by atoms with Crippen LogP contribution in [0.25, 0.3) is 0 Å². The van der Waals surface area contributed by atoms with E-state index in [4.69, 9.17) is 4.74 Å². The van der Waals surface area contributed by atoms with Crippen LogP contribution in [-0.4, -0.2) is 43.2 Å². The molecule has 0 aromatic rings. The minimum absolute atomic E-state index is 0.0272. The smallest absolute Gasteiger partial charge is 0.364 e. The van der Waals surface area contributed by atoms with Crippen molar-refractivity contribution in [1.29, 1.82) is 0 Å². The molecule has 0 N–H and O–H groups in total. The lowest BCUT2D eigenvalue weighted by Crippen LogP contribution is -2.64. The summed E-state index contributed by atoms with van der Waals surface area (Å²) in [4.78, 5) is 11.8. The van der Waals surface area contributed by atoms with Crippen LogP contribution in [0, 0.1) is 5.92 Å². The molecule has 0 radical (unpaired) electrons. The Balaban J connectivity index is 2.08. The van der Waals surface area contributed by atoms with Crippen molar-refractivity contribution in [2.75, 3.05) is 26.7 Å². The molecule has 3 rings (SSSR count). The van der Waals surface area contributed by atoms with Gasteiger partial charge in [-0.1, -0.05) is 0 Å². The number of hydrogen-bond acceptors (Lipinski definition) is 2. The molecule has 3 heterocycles. The lowest BCUT2D eigenvalue weighted by atomic mass is 9.81. The number of carbonyl (C=O) groups is 1. The van der Waals surface area contributed by atoms with Crippen LogP contribution in [0.1, 0.15) is 26.2 Å². The van der Waals surface area contributed by atoms with Crippen molar-refractivity contribution in [3.8, 4) is 0 Å². The Morgan fingerprint density at radius 2 is 2.07 bits per heavy atom. The second-order valence-electron chi connectivity index (χ2n) is 4.87. The molecule has 2 bridgehead atoms. The first-order valence-corrected chi connectivity index (χ1v) is 5.66. The van der Waals surface area contributed by atoms with Gasteiger partial charge in [-0.15, -0.1) is 0 Å². The van der Waals surface area contributed by atoms with E-state index in [9.17, 15) is 4.79 Å². The van der Waals surface area contributed by atoms with Crippen molar-refractivity contribution in [2.45, 2.75) is 32.2 Å². The van der Waals surface area contributed by atoms with Crippen LogP contribution in [0.3, 0.4) is 0 Å². The van der Waals surface area contributed by atoms with E-state index in [-0.39, 0.29) is 12.0 Å². The van der Waals surface area contributed by atoms with Crippen molar-refractivity contribution >= 4 is 5.97 Å². The van der Waals surface area contributed by atoms with Crippen molar-refractivity contribution in [3.05, 3.63) is 0 Å². The summed E-state index contributed by atoms with van der Waals surface area (Å²) in [7, 11) is 2.21. The van der Waals surface area contributed by atoms with Crippen LogP contribution < -0.4 is 0 Å². The zero-order valence-electron chi connectivity index (χ0n) is 9.16. The Hall–Kier alpha value is -0.570. The maximum Gasteiger partial charge on any atom is 0.364 e. The molecule has 1 atom stereocenters. The van der Waals surface area contributed by atoms with E-state index in [1.165, 1.54) is 12.8 Å². The topological polar surface area (TPSA) is 26.3 Å². The van der Waals surface area contributed by atoms with E-state index in [1.807, 2.05) is 6.92 Å². The van der Waals surface area contributed by atoms with Crippen LogP contribution in [0.15, 0.2) is 0 Å². The molecule has 0 unspecified atom stereocenters. The van der Waals surface area contributed by atoms with Gasteiger partial charge < -0.3 is 9.22 Å². The standard InChI is InChI=1S/C11H20NO2/c1-3-14-11(13)10-8-9-4-6-12(10,2)7-5-9/h9-10H,3-8H2,1-2H3/q+1/t9?,10-,12?/m0/s1. The SMILES string of the molecule is CCOC(=O)[C@@H]1CC2CC[N+]1(C)CC2. The quantitative estimate of drug-likeness (QED) is 0.492. The molecule has 14 heavy (non-hydrogen) atoms. The minimum atomic E-state index is 0.0272. The number of rotatable bonds is 2. The number of likely N-dealkylation sites (N-methyl/N-ethyl adjacent to an activating group) is 1. The van der Waals surface area contributed by atoms with Gasteiger partial charge in [-0.2, -0.15) is 0 Å². The normalized spacial score (nSPS) is 41.0. The molecule has 3 aliphatic heterocycles. The summed E-state index contributed by atoms with van der Waals surface area (Å²) in [6.07, 6.45) is 3.65. The Morgan fingerprint density at radius 3 is 2.57 bits per heavy atom. The van der Waals surface area contributed by atoms with Crippen molar-refractivity contribution < 1.29 is 14.0 Å². The van der Waals surface area contributed by atoms with E-state index < -0.39 is 0 Å². The van der Waals surface area contributed by atoms with Gasteiger partial charge in [0.1, 0.15) is 0 Å². The molecule has 3 heteroatoms. The van der Waals surface area contributed by atoms with Gasteiger partial charge in [0.05, 0.1) is 26.7 Å². The zero-order chi connectivity index (χ0) is 10.2. The number of carbonyl (C=O) groups excluding carboxylic acids is 1. The predicted octanol–water partition coefficient (Wildman–Crippen LogP) is 1.18. The number of quaternary nitrogens is 1. The van der Waals surface area contributed by atoms with E-state index in [0.717, 1.165) is 29.9 Å². The molecule has 0 aromatic heterocycles. The first kappa shape index (κ1) is 9.97.